The van der Waals surface area contributed by atoms with Crippen LogP contribution in [0, 0.1) is 0 Å². The zero-order valence-electron chi connectivity index (χ0n) is 14.7. The minimum absolute atomic E-state index is 0.0420. The van der Waals surface area contributed by atoms with Crippen molar-refractivity contribution in [3.05, 3.63) is 58.1 Å². The molecular weight excluding hydrogens is 387 g/mol. The van der Waals surface area contributed by atoms with E-state index in [-0.39, 0.29) is 24.8 Å². The SMILES string of the molecule is O=C(CCOc1ccc(Cl)c(Cl)c1)Nc1ccc(C(=O)N2CCCC2)cc1. The molecule has 0 atom stereocenters. The predicted octanol–water partition coefficient (Wildman–Crippen LogP) is 4.64. The van der Waals surface area contributed by atoms with Crippen molar-refractivity contribution in [1.82, 2.24) is 4.90 Å². The normalized spacial score (nSPS) is 13.5. The smallest absolute Gasteiger partial charge is 0.253 e. The summed E-state index contributed by atoms with van der Waals surface area (Å²) in [6.45, 7) is 1.85. The molecule has 1 aliphatic heterocycles. The van der Waals surface area contributed by atoms with Crippen molar-refractivity contribution in [2.45, 2.75) is 19.3 Å². The molecule has 142 valence electrons. The number of carbonyl (C=O) groups excluding carboxylic acids is 2. The van der Waals surface area contributed by atoms with Gasteiger partial charge in [0.15, 0.2) is 0 Å². The third-order valence-corrected chi connectivity index (χ3v) is 5.04. The summed E-state index contributed by atoms with van der Waals surface area (Å²) in [5.74, 6) is 0.427. The van der Waals surface area contributed by atoms with Crippen LogP contribution in [0.15, 0.2) is 42.5 Å². The lowest BCUT2D eigenvalue weighted by molar-refractivity contribution is -0.116. The van der Waals surface area contributed by atoms with Gasteiger partial charge in [-0.25, -0.2) is 0 Å². The van der Waals surface area contributed by atoms with Crippen LogP contribution >= 0.6 is 23.2 Å². The van der Waals surface area contributed by atoms with Crippen molar-refractivity contribution in [3.8, 4) is 5.75 Å². The Morgan fingerprint density at radius 3 is 2.37 bits per heavy atom. The van der Waals surface area contributed by atoms with Gasteiger partial charge in [0.05, 0.1) is 23.1 Å². The zero-order chi connectivity index (χ0) is 19.2. The fraction of sp³-hybridized carbons (Fsp3) is 0.300. The van der Waals surface area contributed by atoms with E-state index in [0.29, 0.717) is 27.0 Å². The highest BCUT2D eigenvalue weighted by atomic mass is 35.5. The summed E-state index contributed by atoms with van der Waals surface area (Å²) >= 11 is 11.8. The van der Waals surface area contributed by atoms with Gasteiger partial charge in [-0.1, -0.05) is 23.2 Å². The van der Waals surface area contributed by atoms with Gasteiger partial charge < -0.3 is 15.0 Å². The Labute approximate surface area is 168 Å². The van der Waals surface area contributed by atoms with Crippen molar-refractivity contribution in [1.29, 1.82) is 0 Å². The number of hydrogen-bond acceptors (Lipinski definition) is 3. The van der Waals surface area contributed by atoms with Crippen LogP contribution in [-0.2, 0) is 4.79 Å². The van der Waals surface area contributed by atoms with E-state index >= 15 is 0 Å². The third kappa shape index (κ3) is 5.37. The van der Waals surface area contributed by atoms with Gasteiger partial charge >= 0.3 is 0 Å². The maximum Gasteiger partial charge on any atom is 0.253 e. The van der Waals surface area contributed by atoms with Crippen LogP contribution in [0.5, 0.6) is 5.75 Å². The zero-order valence-corrected chi connectivity index (χ0v) is 16.2. The highest BCUT2D eigenvalue weighted by Gasteiger charge is 2.19. The maximum atomic E-state index is 12.3. The number of halogens is 2. The number of benzene rings is 2. The summed E-state index contributed by atoms with van der Waals surface area (Å²) in [6.07, 6.45) is 2.31. The highest BCUT2D eigenvalue weighted by molar-refractivity contribution is 6.42. The summed E-state index contributed by atoms with van der Waals surface area (Å²) in [7, 11) is 0. The first-order valence-electron chi connectivity index (χ1n) is 8.80. The monoisotopic (exact) mass is 406 g/mol. The molecular formula is C20H20Cl2N2O3. The molecule has 1 fully saturated rings. The molecule has 27 heavy (non-hydrogen) atoms. The number of anilines is 1. The molecule has 3 rings (SSSR count). The number of likely N-dealkylation sites (tertiary alicyclic amines) is 1. The maximum absolute atomic E-state index is 12.3. The average Bonchev–Trinajstić information content (AvgIpc) is 3.19. The van der Waals surface area contributed by atoms with E-state index in [1.807, 2.05) is 4.90 Å². The van der Waals surface area contributed by atoms with Gasteiger partial charge in [0, 0.05) is 30.4 Å². The first-order valence-corrected chi connectivity index (χ1v) is 9.55. The molecule has 1 N–H and O–H groups in total. The van der Waals surface area contributed by atoms with E-state index in [1.54, 1.807) is 42.5 Å². The second kappa shape index (κ2) is 9.11. The predicted molar refractivity (Wildman–Crippen MR) is 107 cm³/mol. The van der Waals surface area contributed by atoms with Crippen molar-refractivity contribution < 1.29 is 14.3 Å². The minimum Gasteiger partial charge on any atom is -0.493 e. The van der Waals surface area contributed by atoms with Gasteiger partial charge in [0.2, 0.25) is 5.91 Å². The van der Waals surface area contributed by atoms with Gasteiger partial charge in [0.1, 0.15) is 5.75 Å². The molecule has 0 bridgehead atoms. The molecule has 0 unspecified atom stereocenters. The van der Waals surface area contributed by atoms with E-state index in [1.165, 1.54) is 0 Å². The summed E-state index contributed by atoms with van der Waals surface area (Å²) in [6, 6.07) is 11.9. The Balaban J connectivity index is 1.46. The fourth-order valence-electron chi connectivity index (χ4n) is 2.85. The average molecular weight is 407 g/mol. The molecule has 1 aliphatic rings. The molecule has 1 saturated heterocycles. The third-order valence-electron chi connectivity index (χ3n) is 4.30. The van der Waals surface area contributed by atoms with Crippen molar-refractivity contribution >= 4 is 40.7 Å². The molecule has 2 aromatic rings. The first-order chi connectivity index (χ1) is 13.0. The van der Waals surface area contributed by atoms with E-state index in [9.17, 15) is 9.59 Å². The Hall–Kier alpha value is -2.24. The molecule has 2 aromatic carbocycles. The summed E-state index contributed by atoms with van der Waals surface area (Å²) in [4.78, 5) is 26.2. The van der Waals surface area contributed by atoms with Crippen LogP contribution < -0.4 is 10.1 Å². The lowest BCUT2D eigenvalue weighted by Gasteiger charge is -2.15. The highest BCUT2D eigenvalue weighted by Crippen LogP contribution is 2.26. The first kappa shape index (κ1) is 19.5. The van der Waals surface area contributed by atoms with Crippen LogP contribution in [0.2, 0.25) is 10.0 Å². The van der Waals surface area contributed by atoms with E-state index in [0.717, 1.165) is 25.9 Å². The number of carbonyl (C=O) groups is 2. The van der Waals surface area contributed by atoms with Gasteiger partial charge in [-0.2, -0.15) is 0 Å². The van der Waals surface area contributed by atoms with Crippen LogP contribution in [0.3, 0.4) is 0 Å². The minimum atomic E-state index is -0.173. The number of amides is 2. The van der Waals surface area contributed by atoms with E-state index in [2.05, 4.69) is 5.32 Å². The van der Waals surface area contributed by atoms with Gasteiger partial charge in [0.25, 0.3) is 5.91 Å². The fourth-order valence-corrected chi connectivity index (χ4v) is 3.14. The summed E-state index contributed by atoms with van der Waals surface area (Å²) in [5, 5.41) is 3.65. The Kier molecular flexibility index (Phi) is 6.58. The number of nitrogens with zero attached hydrogens (tertiary/aromatic N) is 1. The van der Waals surface area contributed by atoms with Gasteiger partial charge in [-0.15, -0.1) is 0 Å². The lowest BCUT2D eigenvalue weighted by atomic mass is 10.2. The lowest BCUT2D eigenvalue weighted by Crippen LogP contribution is -2.27. The van der Waals surface area contributed by atoms with E-state index in [4.69, 9.17) is 27.9 Å². The molecule has 0 radical (unpaired) electrons. The Bertz CT molecular complexity index is 818. The second-order valence-electron chi connectivity index (χ2n) is 6.30. The standard InChI is InChI=1S/C20H20Cl2N2O3/c21-17-8-7-16(13-18(17)22)27-12-9-19(25)23-15-5-3-14(4-6-15)20(26)24-10-1-2-11-24/h3-8,13H,1-2,9-12H2,(H,23,25). The molecule has 0 saturated carbocycles. The Morgan fingerprint density at radius 1 is 1.00 bits per heavy atom. The molecule has 2 amide bonds. The quantitative estimate of drug-likeness (QED) is 0.759. The number of rotatable bonds is 6. The molecule has 5 nitrogen and oxygen atoms in total. The molecule has 0 aliphatic carbocycles. The largest absolute Gasteiger partial charge is 0.493 e. The molecule has 7 heteroatoms. The topological polar surface area (TPSA) is 58.6 Å². The number of hydrogen-bond donors (Lipinski definition) is 1. The number of nitrogens with one attached hydrogen (secondary N) is 1. The van der Waals surface area contributed by atoms with E-state index < -0.39 is 0 Å². The summed E-state index contributed by atoms with van der Waals surface area (Å²) < 4.78 is 5.50. The summed E-state index contributed by atoms with van der Waals surface area (Å²) in [5.41, 5.74) is 1.28. The van der Waals surface area contributed by atoms with Gasteiger partial charge in [-0.05, 0) is 49.2 Å². The molecule has 1 heterocycles. The van der Waals surface area contributed by atoms with Crippen LogP contribution in [-0.4, -0.2) is 36.4 Å². The van der Waals surface area contributed by atoms with Crippen LogP contribution in [0.1, 0.15) is 29.6 Å². The van der Waals surface area contributed by atoms with Crippen molar-refractivity contribution in [2.24, 2.45) is 0 Å². The van der Waals surface area contributed by atoms with Crippen molar-refractivity contribution in [3.63, 3.8) is 0 Å². The molecule has 0 spiro atoms. The van der Waals surface area contributed by atoms with Crippen LogP contribution in [0.4, 0.5) is 5.69 Å². The van der Waals surface area contributed by atoms with Crippen molar-refractivity contribution in [2.75, 3.05) is 25.0 Å². The van der Waals surface area contributed by atoms with Crippen LogP contribution in [0.25, 0.3) is 0 Å². The van der Waals surface area contributed by atoms with Gasteiger partial charge in [-0.3, -0.25) is 9.59 Å². The second-order valence-corrected chi connectivity index (χ2v) is 7.11. The number of ether oxygens (including phenoxy) is 1. The molecule has 0 aromatic heterocycles. The Morgan fingerprint density at radius 2 is 1.70 bits per heavy atom.